The van der Waals surface area contributed by atoms with Crippen LogP contribution in [0.5, 0.6) is 0 Å². The van der Waals surface area contributed by atoms with Crippen LogP contribution >= 0.6 is 0 Å². The normalized spacial score (nSPS) is 21.1. The smallest absolute Gasteiger partial charge is 0.236 e. The average Bonchev–Trinajstić information content (AvgIpc) is 3.13. The van der Waals surface area contributed by atoms with E-state index in [2.05, 4.69) is 20.0 Å². The minimum atomic E-state index is 0.286. The second-order valence-corrected chi connectivity index (χ2v) is 5.86. The highest BCUT2D eigenvalue weighted by Gasteiger charge is 2.23. The molecule has 0 N–H and O–H groups in total. The zero-order valence-corrected chi connectivity index (χ0v) is 12.6. The van der Waals surface area contributed by atoms with Crippen molar-refractivity contribution in [3.63, 3.8) is 0 Å². The molecule has 3 heterocycles. The summed E-state index contributed by atoms with van der Waals surface area (Å²) in [7, 11) is 0. The second-order valence-electron chi connectivity index (χ2n) is 5.86. The molecule has 0 spiro atoms. The van der Waals surface area contributed by atoms with Crippen LogP contribution in [-0.2, 0) is 11.3 Å². The molecule has 1 amide bonds. The first-order valence-corrected chi connectivity index (χ1v) is 7.72. The van der Waals surface area contributed by atoms with Crippen molar-refractivity contribution in [2.75, 3.05) is 45.8 Å². The molecule has 2 aliphatic rings. The van der Waals surface area contributed by atoms with Gasteiger partial charge in [-0.05, 0) is 12.8 Å². The first kappa shape index (κ1) is 14.5. The van der Waals surface area contributed by atoms with E-state index in [1.165, 1.54) is 0 Å². The Kier molecular flexibility index (Phi) is 4.50. The molecule has 7 nitrogen and oxygen atoms in total. The molecule has 0 bridgehead atoms. The van der Waals surface area contributed by atoms with Gasteiger partial charge in [-0.3, -0.25) is 14.6 Å². The molecule has 0 aliphatic carbocycles. The summed E-state index contributed by atoms with van der Waals surface area (Å²) in [5.41, 5.74) is 0. The van der Waals surface area contributed by atoms with E-state index in [0.717, 1.165) is 52.1 Å². The lowest BCUT2D eigenvalue weighted by Crippen LogP contribution is -2.49. The van der Waals surface area contributed by atoms with Gasteiger partial charge >= 0.3 is 0 Å². The molecule has 2 aliphatic heterocycles. The number of nitrogens with zero attached hydrogens (tertiary/aromatic N) is 5. The van der Waals surface area contributed by atoms with E-state index in [1.54, 1.807) is 6.92 Å². The molecule has 0 radical (unpaired) electrons. The van der Waals surface area contributed by atoms with Crippen LogP contribution in [0.25, 0.3) is 0 Å². The molecule has 2 saturated heterocycles. The van der Waals surface area contributed by atoms with E-state index in [0.29, 0.717) is 24.9 Å². The zero-order valence-electron chi connectivity index (χ0n) is 12.6. The number of amides is 1. The van der Waals surface area contributed by atoms with Crippen molar-refractivity contribution in [2.24, 2.45) is 0 Å². The van der Waals surface area contributed by atoms with Gasteiger partial charge in [0.1, 0.15) is 0 Å². The highest BCUT2D eigenvalue weighted by Crippen LogP contribution is 2.10. The van der Waals surface area contributed by atoms with Crippen molar-refractivity contribution in [3.05, 3.63) is 11.8 Å². The molecule has 0 aromatic carbocycles. The van der Waals surface area contributed by atoms with E-state index >= 15 is 0 Å². The summed E-state index contributed by atoms with van der Waals surface area (Å²) in [6.07, 6.45) is 2.31. The Balaban J connectivity index is 1.41. The highest BCUT2D eigenvalue weighted by molar-refractivity contribution is 5.78. The number of aryl methyl sites for hydroxylation is 1. The molecular formula is C14H23N5O2. The van der Waals surface area contributed by atoms with E-state index in [4.69, 9.17) is 4.42 Å². The largest absolute Gasteiger partial charge is 0.424 e. The quantitative estimate of drug-likeness (QED) is 0.785. The molecule has 1 aromatic rings. The summed E-state index contributed by atoms with van der Waals surface area (Å²) in [6.45, 7) is 8.67. The molecule has 116 valence electrons. The Bertz CT molecular complexity index is 475. The standard InChI is InChI=1S/C14H23N5O2/c1-12-15-16-13(21-12)10-17-6-8-18(9-7-17)11-14(20)19-4-2-3-5-19/h2-11H2,1H3. The minimum absolute atomic E-state index is 0.286. The number of rotatable bonds is 4. The Labute approximate surface area is 124 Å². The summed E-state index contributed by atoms with van der Waals surface area (Å²) in [6, 6.07) is 0. The topological polar surface area (TPSA) is 65.7 Å². The lowest BCUT2D eigenvalue weighted by Gasteiger charge is -2.34. The highest BCUT2D eigenvalue weighted by atomic mass is 16.4. The third-order valence-corrected chi connectivity index (χ3v) is 4.21. The van der Waals surface area contributed by atoms with Crippen LogP contribution in [0.2, 0.25) is 0 Å². The lowest BCUT2D eigenvalue weighted by atomic mass is 10.3. The first-order valence-electron chi connectivity index (χ1n) is 7.72. The van der Waals surface area contributed by atoms with Crippen molar-refractivity contribution in [1.82, 2.24) is 24.9 Å². The minimum Gasteiger partial charge on any atom is -0.424 e. The van der Waals surface area contributed by atoms with Gasteiger partial charge in [-0.2, -0.15) is 0 Å². The van der Waals surface area contributed by atoms with Gasteiger partial charge in [0.25, 0.3) is 0 Å². The van der Waals surface area contributed by atoms with Crippen LogP contribution in [0.1, 0.15) is 24.6 Å². The summed E-state index contributed by atoms with van der Waals surface area (Å²) >= 11 is 0. The zero-order chi connectivity index (χ0) is 14.7. The number of carbonyl (C=O) groups is 1. The van der Waals surface area contributed by atoms with E-state index in [1.807, 2.05) is 4.90 Å². The van der Waals surface area contributed by atoms with Crippen LogP contribution in [0, 0.1) is 6.92 Å². The average molecular weight is 293 g/mol. The molecule has 0 saturated carbocycles. The van der Waals surface area contributed by atoms with Gasteiger partial charge < -0.3 is 9.32 Å². The third kappa shape index (κ3) is 3.79. The van der Waals surface area contributed by atoms with Crippen LogP contribution in [0.4, 0.5) is 0 Å². The van der Waals surface area contributed by atoms with E-state index in [9.17, 15) is 4.79 Å². The predicted octanol–water partition coefficient (Wildman–Crippen LogP) is 0.118. The summed E-state index contributed by atoms with van der Waals surface area (Å²) in [5, 5.41) is 7.87. The maximum absolute atomic E-state index is 12.1. The van der Waals surface area contributed by atoms with Gasteiger partial charge in [0, 0.05) is 46.2 Å². The number of carbonyl (C=O) groups excluding carboxylic acids is 1. The monoisotopic (exact) mass is 293 g/mol. The molecule has 3 rings (SSSR count). The fourth-order valence-corrected chi connectivity index (χ4v) is 2.96. The first-order chi connectivity index (χ1) is 10.2. The van der Waals surface area contributed by atoms with Gasteiger partial charge in [0.15, 0.2) is 0 Å². The predicted molar refractivity (Wildman–Crippen MR) is 76.6 cm³/mol. The SMILES string of the molecule is Cc1nnc(CN2CCN(CC(=O)N3CCCC3)CC2)o1. The Morgan fingerprint density at radius 3 is 2.33 bits per heavy atom. The molecule has 2 fully saturated rings. The summed E-state index contributed by atoms with van der Waals surface area (Å²) < 4.78 is 5.41. The molecule has 7 heteroatoms. The number of piperazine rings is 1. The number of hydrogen-bond acceptors (Lipinski definition) is 6. The third-order valence-electron chi connectivity index (χ3n) is 4.21. The lowest BCUT2D eigenvalue weighted by molar-refractivity contribution is -0.131. The number of likely N-dealkylation sites (tertiary alicyclic amines) is 1. The molecule has 0 atom stereocenters. The Morgan fingerprint density at radius 2 is 1.71 bits per heavy atom. The number of aromatic nitrogens is 2. The fraction of sp³-hybridized carbons (Fsp3) is 0.786. The van der Waals surface area contributed by atoms with Crippen molar-refractivity contribution in [2.45, 2.75) is 26.3 Å². The summed E-state index contributed by atoms with van der Waals surface area (Å²) in [5.74, 6) is 1.57. The van der Waals surface area contributed by atoms with Gasteiger partial charge in [0.2, 0.25) is 17.7 Å². The van der Waals surface area contributed by atoms with Gasteiger partial charge in [-0.25, -0.2) is 0 Å². The van der Waals surface area contributed by atoms with E-state index < -0.39 is 0 Å². The molecule has 1 aromatic heterocycles. The van der Waals surface area contributed by atoms with Crippen LogP contribution in [0.3, 0.4) is 0 Å². The van der Waals surface area contributed by atoms with Gasteiger partial charge in [-0.15, -0.1) is 10.2 Å². The molecular weight excluding hydrogens is 270 g/mol. The molecule has 0 unspecified atom stereocenters. The van der Waals surface area contributed by atoms with Gasteiger partial charge in [-0.1, -0.05) is 0 Å². The van der Waals surface area contributed by atoms with E-state index in [-0.39, 0.29) is 5.91 Å². The van der Waals surface area contributed by atoms with Crippen LogP contribution in [0.15, 0.2) is 4.42 Å². The van der Waals surface area contributed by atoms with Crippen LogP contribution in [-0.4, -0.2) is 76.6 Å². The molecule has 21 heavy (non-hydrogen) atoms. The van der Waals surface area contributed by atoms with Crippen molar-refractivity contribution in [3.8, 4) is 0 Å². The maximum atomic E-state index is 12.1. The van der Waals surface area contributed by atoms with Crippen molar-refractivity contribution < 1.29 is 9.21 Å². The second kappa shape index (κ2) is 6.53. The van der Waals surface area contributed by atoms with Crippen LogP contribution < -0.4 is 0 Å². The fourth-order valence-electron chi connectivity index (χ4n) is 2.96. The number of hydrogen-bond donors (Lipinski definition) is 0. The summed E-state index contributed by atoms with van der Waals surface area (Å²) in [4.78, 5) is 18.7. The Hall–Kier alpha value is -1.47. The Morgan fingerprint density at radius 1 is 1.05 bits per heavy atom. The van der Waals surface area contributed by atoms with Crippen molar-refractivity contribution in [1.29, 1.82) is 0 Å². The maximum Gasteiger partial charge on any atom is 0.236 e. The van der Waals surface area contributed by atoms with Crippen molar-refractivity contribution >= 4 is 5.91 Å². The van der Waals surface area contributed by atoms with Gasteiger partial charge in [0.05, 0.1) is 13.1 Å².